The Labute approximate surface area is 67.1 Å². The van der Waals surface area contributed by atoms with Crippen molar-refractivity contribution in [3.63, 3.8) is 0 Å². The van der Waals surface area contributed by atoms with Gasteiger partial charge in [-0.15, -0.1) is 0 Å². The van der Waals surface area contributed by atoms with Crippen molar-refractivity contribution in [1.29, 1.82) is 0 Å². The first kappa shape index (κ1) is 9.44. The van der Waals surface area contributed by atoms with E-state index in [1.807, 2.05) is 19.9 Å². The lowest BCUT2D eigenvalue weighted by molar-refractivity contribution is 1.08. The molecule has 10 heavy (non-hydrogen) atoms. The molecule has 0 bridgehead atoms. The lowest BCUT2D eigenvalue weighted by atomic mass is 10.4. The maximum Gasteiger partial charge on any atom is 0.128 e. The Morgan fingerprint density at radius 3 is 2.70 bits per heavy atom. The molecule has 0 aliphatic heterocycles. The van der Waals surface area contributed by atoms with E-state index in [1.54, 1.807) is 6.08 Å². The third kappa shape index (κ3) is 4.33. The molecule has 0 radical (unpaired) electrons. The van der Waals surface area contributed by atoms with Crippen LogP contribution in [0.1, 0.15) is 20.3 Å². The zero-order valence-corrected chi connectivity index (χ0v) is 7.15. The maximum absolute atomic E-state index is 5.66. The van der Waals surface area contributed by atoms with Crippen molar-refractivity contribution in [2.45, 2.75) is 20.3 Å². The molecular formula is C8H12ClN. The number of allylic oxidation sites excluding steroid dienone is 3. The monoisotopic (exact) mass is 157 g/mol. The van der Waals surface area contributed by atoms with Crippen LogP contribution in [0.4, 0.5) is 0 Å². The fraction of sp³-hybridized carbons (Fsp3) is 0.375. The minimum Gasteiger partial charge on any atom is -0.242 e. The van der Waals surface area contributed by atoms with Crippen LogP contribution in [0, 0.1) is 0 Å². The van der Waals surface area contributed by atoms with Crippen LogP contribution in [-0.2, 0) is 0 Å². The Kier molecular flexibility index (Phi) is 4.95. The van der Waals surface area contributed by atoms with Crippen LogP contribution in [0.5, 0.6) is 0 Å². The van der Waals surface area contributed by atoms with Gasteiger partial charge in [0, 0.05) is 5.70 Å². The zero-order valence-electron chi connectivity index (χ0n) is 6.39. The van der Waals surface area contributed by atoms with E-state index in [4.69, 9.17) is 11.6 Å². The summed E-state index contributed by atoms with van der Waals surface area (Å²) in [6.45, 7) is 7.58. The first-order chi connectivity index (χ1) is 4.70. The Morgan fingerprint density at radius 2 is 2.30 bits per heavy atom. The molecule has 0 aromatic carbocycles. The van der Waals surface area contributed by atoms with Crippen molar-refractivity contribution >= 4 is 16.8 Å². The summed E-state index contributed by atoms with van der Waals surface area (Å²) in [5.41, 5.74) is 0.808. The van der Waals surface area contributed by atoms with E-state index in [0.717, 1.165) is 12.1 Å². The second kappa shape index (κ2) is 5.24. The topological polar surface area (TPSA) is 12.4 Å². The van der Waals surface area contributed by atoms with E-state index < -0.39 is 0 Å². The molecule has 0 spiro atoms. The van der Waals surface area contributed by atoms with Gasteiger partial charge in [0.25, 0.3) is 0 Å². The van der Waals surface area contributed by atoms with Crippen molar-refractivity contribution in [3.05, 3.63) is 24.4 Å². The minimum absolute atomic E-state index is 0.495. The lowest BCUT2D eigenvalue weighted by Crippen LogP contribution is -1.80. The minimum atomic E-state index is 0.495. The number of rotatable bonds is 3. The molecule has 0 saturated heterocycles. The Balaban J connectivity index is 4.02. The summed E-state index contributed by atoms with van der Waals surface area (Å²) in [6.07, 6.45) is 4.42. The van der Waals surface area contributed by atoms with Crippen LogP contribution in [0.25, 0.3) is 0 Å². The third-order valence-corrected chi connectivity index (χ3v) is 1.19. The van der Waals surface area contributed by atoms with Gasteiger partial charge in [-0.05, 0) is 19.4 Å². The van der Waals surface area contributed by atoms with Crippen molar-refractivity contribution in [2.75, 3.05) is 0 Å². The fourth-order valence-electron chi connectivity index (χ4n) is 0.405. The van der Waals surface area contributed by atoms with Gasteiger partial charge in [-0.1, -0.05) is 31.2 Å². The summed E-state index contributed by atoms with van der Waals surface area (Å²) < 4.78 is 0. The second-order valence-corrected chi connectivity index (χ2v) is 2.24. The van der Waals surface area contributed by atoms with Crippen molar-refractivity contribution < 1.29 is 0 Å². The van der Waals surface area contributed by atoms with E-state index in [9.17, 15) is 0 Å². The Hall–Kier alpha value is -0.560. The summed E-state index contributed by atoms with van der Waals surface area (Å²) in [4.78, 5) is 3.99. The maximum atomic E-state index is 5.66. The summed E-state index contributed by atoms with van der Waals surface area (Å²) in [7, 11) is 0. The third-order valence-electron chi connectivity index (χ3n) is 0.977. The molecule has 0 saturated carbocycles. The Bertz CT molecular complexity index is 168. The van der Waals surface area contributed by atoms with Crippen molar-refractivity contribution in [3.8, 4) is 0 Å². The Morgan fingerprint density at radius 1 is 1.70 bits per heavy atom. The number of nitrogens with zero attached hydrogens (tertiary/aromatic N) is 1. The smallest absolute Gasteiger partial charge is 0.128 e. The fourth-order valence-corrected chi connectivity index (χ4v) is 0.650. The highest BCUT2D eigenvalue weighted by Gasteiger charge is 1.86. The molecule has 2 heteroatoms. The molecule has 0 amide bonds. The molecule has 0 aliphatic carbocycles. The summed E-state index contributed by atoms with van der Waals surface area (Å²) in [5, 5.41) is 0.495. The number of hydrogen-bond acceptors (Lipinski definition) is 1. The van der Waals surface area contributed by atoms with Gasteiger partial charge in [0.2, 0.25) is 0 Å². The molecular weight excluding hydrogens is 146 g/mol. The highest BCUT2D eigenvalue weighted by Crippen LogP contribution is 2.01. The molecule has 0 atom stereocenters. The second-order valence-electron chi connectivity index (χ2n) is 1.85. The van der Waals surface area contributed by atoms with Gasteiger partial charge in [-0.2, -0.15) is 0 Å². The van der Waals surface area contributed by atoms with Gasteiger partial charge in [0.05, 0.1) is 0 Å². The summed E-state index contributed by atoms with van der Waals surface area (Å²) in [6, 6.07) is 0. The zero-order chi connectivity index (χ0) is 7.98. The van der Waals surface area contributed by atoms with Crippen LogP contribution in [0.15, 0.2) is 29.4 Å². The van der Waals surface area contributed by atoms with E-state index in [2.05, 4.69) is 11.6 Å². The largest absolute Gasteiger partial charge is 0.242 e. The number of aliphatic imine (C=N–C) groups is 1. The highest BCUT2D eigenvalue weighted by atomic mass is 35.5. The molecule has 0 heterocycles. The molecule has 0 rings (SSSR count). The lowest BCUT2D eigenvalue weighted by Gasteiger charge is -1.91. The molecule has 0 aromatic rings. The molecule has 56 valence electrons. The molecule has 0 aromatic heterocycles. The molecule has 1 nitrogen and oxygen atoms in total. The first-order valence-corrected chi connectivity index (χ1v) is 3.63. The SMILES string of the molecule is C=C(CC)N=C(Cl)/C=C\C. The van der Waals surface area contributed by atoms with Crippen LogP contribution in [0.2, 0.25) is 0 Å². The van der Waals surface area contributed by atoms with Gasteiger partial charge in [0.15, 0.2) is 0 Å². The van der Waals surface area contributed by atoms with Crippen LogP contribution in [0.3, 0.4) is 0 Å². The number of hydrogen-bond donors (Lipinski definition) is 0. The van der Waals surface area contributed by atoms with Crippen LogP contribution >= 0.6 is 11.6 Å². The van der Waals surface area contributed by atoms with Gasteiger partial charge >= 0.3 is 0 Å². The van der Waals surface area contributed by atoms with Gasteiger partial charge < -0.3 is 0 Å². The standard InChI is InChI=1S/C8H12ClN/c1-4-6-8(9)10-7(3)5-2/h4,6H,3,5H2,1-2H3/b6-4-,10-8?. The molecule has 0 aliphatic rings. The van der Waals surface area contributed by atoms with E-state index in [1.165, 1.54) is 0 Å². The predicted molar refractivity (Wildman–Crippen MR) is 47.5 cm³/mol. The summed E-state index contributed by atoms with van der Waals surface area (Å²) >= 11 is 5.66. The van der Waals surface area contributed by atoms with Gasteiger partial charge in [-0.25, -0.2) is 4.99 Å². The van der Waals surface area contributed by atoms with Crippen LogP contribution in [-0.4, -0.2) is 5.17 Å². The van der Waals surface area contributed by atoms with E-state index in [-0.39, 0.29) is 0 Å². The molecule has 0 fully saturated rings. The first-order valence-electron chi connectivity index (χ1n) is 3.25. The van der Waals surface area contributed by atoms with E-state index in [0.29, 0.717) is 5.17 Å². The predicted octanol–water partition coefficient (Wildman–Crippen LogP) is 3.12. The quantitative estimate of drug-likeness (QED) is 0.559. The number of halogens is 1. The van der Waals surface area contributed by atoms with E-state index >= 15 is 0 Å². The van der Waals surface area contributed by atoms with Crippen molar-refractivity contribution in [2.24, 2.45) is 4.99 Å². The normalized spacial score (nSPS) is 12.5. The van der Waals surface area contributed by atoms with Gasteiger partial charge in [-0.3, -0.25) is 0 Å². The van der Waals surface area contributed by atoms with Gasteiger partial charge in [0.1, 0.15) is 5.17 Å². The van der Waals surface area contributed by atoms with Crippen LogP contribution < -0.4 is 0 Å². The average Bonchev–Trinajstić information content (AvgIpc) is 1.88. The average molecular weight is 158 g/mol. The highest BCUT2D eigenvalue weighted by molar-refractivity contribution is 6.68. The van der Waals surface area contributed by atoms with Crippen molar-refractivity contribution in [1.82, 2.24) is 0 Å². The molecule has 0 N–H and O–H groups in total. The molecule has 0 unspecified atom stereocenters. The summed E-state index contributed by atoms with van der Waals surface area (Å²) in [5.74, 6) is 0.